The summed E-state index contributed by atoms with van der Waals surface area (Å²) in [6, 6.07) is 3.99. The van der Waals surface area contributed by atoms with Crippen molar-refractivity contribution in [2.45, 2.75) is 26.8 Å². The quantitative estimate of drug-likeness (QED) is 0.839. The van der Waals surface area contributed by atoms with Crippen molar-refractivity contribution in [3.8, 4) is 0 Å². The second kappa shape index (κ2) is 6.35. The van der Waals surface area contributed by atoms with Crippen LogP contribution in [0.5, 0.6) is 0 Å². The van der Waals surface area contributed by atoms with E-state index in [1.165, 1.54) is 0 Å². The molecule has 4 nitrogen and oxygen atoms in total. The van der Waals surface area contributed by atoms with Crippen LogP contribution < -0.4 is 10.6 Å². The van der Waals surface area contributed by atoms with Crippen LogP contribution in [0.4, 0.5) is 11.5 Å². The van der Waals surface area contributed by atoms with Crippen LogP contribution >= 0.6 is 11.3 Å². The average molecular weight is 262 g/mol. The van der Waals surface area contributed by atoms with Crippen LogP contribution in [-0.2, 0) is 6.54 Å². The molecule has 0 aliphatic rings. The molecule has 0 aliphatic carbocycles. The molecule has 2 rings (SSSR count). The third-order valence-electron chi connectivity index (χ3n) is 2.46. The van der Waals surface area contributed by atoms with Gasteiger partial charge in [-0.05, 0) is 19.4 Å². The standard InChI is InChI=1S/C13H18N4S/c1-3-5-14-13-7-11(4-6-15-13)16-8-12-9-18-10(2)17-12/h4,6-7,9H,3,5,8H2,1-2H3,(H2,14,15,16). The highest BCUT2D eigenvalue weighted by atomic mass is 32.1. The van der Waals surface area contributed by atoms with Crippen LogP contribution in [0.15, 0.2) is 23.7 Å². The van der Waals surface area contributed by atoms with Gasteiger partial charge in [-0.25, -0.2) is 9.97 Å². The lowest BCUT2D eigenvalue weighted by Gasteiger charge is -2.07. The van der Waals surface area contributed by atoms with Crippen molar-refractivity contribution >= 4 is 22.8 Å². The summed E-state index contributed by atoms with van der Waals surface area (Å²) < 4.78 is 0. The Morgan fingerprint density at radius 3 is 2.94 bits per heavy atom. The zero-order valence-electron chi connectivity index (χ0n) is 10.7. The minimum absolute atomic E-state index is 0.752. The Labute approximate surface area is 111 Å². The van der Waals surface area contributed by atoms with E-state index in [0.29, 0.717) is 0 Å². The smallest absolute Gasteiger partial charge is 0.127 e. The van der Waals surface area contributed by atoms with Crippen LogP contribution in [0.25, 0.3) is 0 Å². The molecule has 0 unspecified atom stereocenters. The number of hydrogen-bond acceptors (Lipinski definition) is 5. The van der Waals surface area contributed by atoms with Gasteiger partial charge in [-0.2, -0.15) is 0 Å². The average Bonchev–Trinajstić information content (AvgIpc) is 2.80. The second-order valence-corrected chi connectivity index (χ2v) is 5.13. The predicted octanol–water partition coefficient (Wildman–Crippen LogP) is 3.28. The molecule has 2 aromatic heterocycles. The van der Waals surface area contributed by atoms with Gasteiger partial charge in [0.2, 0.25) is 0 Å². The minimum Gasteiger partial charge on any atom is -0.379 e. The van der Waals surface area contributed by atoms with Crippen molar-refractivity contribution < 1.29 is 0 Å². The number of aryl methyl sites for hydroxylation is 1. The number of anilines is 2. The van der Waals surface area contributed by atoms with Crippen LogP contribution in [0.1, 0.15) is 24.0 Å². The van der Waals surface area contributed by atoms with Gasteiger partial charge in [0.15, 0.2) is 0 Å². The summed E-state index contributed by atoms with van der Waals surface area (Å²) in [5.41, 5.74) is 2.15. The van der Waals surface area contributed by atoms with Gasteiger partial charge in [0.05, 0.1) is 17.2 Å². The van der Waals surface area contributed by atoms with Crippen molar-refractivity contribution in [3.63, 3.8) is 0 Å². The maximum Gasteiger partial charge on any atom is 0.127 e. The molecule has 0 saturated heterocycles. The van der Waals surface area contributed by atoms with Gasteiger partial charge in [0.25, 0.3) is 0 Å². The molecule has 0 atom stereocenters. The predicted molar refractivity (Wildman–Crippen MR) is 77.2 cm³/mol. The molecule has 2 N–H and O–H groups in total. The molecular formula is C13H18N4S. The molecule has 0 aromatic carbocycles. The fourth-order valence-electron chi connectivity index (χ4n) is 1.57. The highest BCUT2D eigenvalue weighted by molar-refractivity contribution is 7.09. The molecule has 2 aromatic rings. The third kappa shape index (κ3) is 3.70. The molecule has 96 valence electrons. The van der Waals surface area contributed by atoms with Gasteiger partial charge >= 0.3 is 0 Å². The van der Waals surface area contributed by atoms with Gasteiger partial charge in [0.1, 0.15) is 5.82 Å². The lowest BCUT2D eigenvalue weighted by Crippen LogP contribution is -2.04. The van der Waals surface area contributed by atoms with E-state index in [4.69, 9.17) is 0 Å². The molecular weight excluding hydrogens is 244 g/mol. The first-order valence-electron chi connectivity index (χ1n) is 6.12. The number of rotatable bonds is 6. The highest BCUT2D eigenvalue weighted by Crippen LogP contribution is 2.14. The molecule has 0 amide bonds. The van der Waals surface area contributed by atoms with Crippen molar-refractivity contribution in [1.82, 2.24) is 9.97 Å². The normalized spacial score (nSPS) is 10.3. The van der Waals surface area contributed by atoms with Crippen LogP contribution in [0.2, 0.25) is 0 Å². The molecule has 18 heavy (non-hydrogen) atoms. The van der Waals surface area contributed by atoms with E-state index in [2.05, 4.69) is 32.9 Å². The topological polar surface area (TPSA) is 49.8 Å². The zero-order valence-corrected chi connectivity index (χ0v) is 11.5. The Bertz CT molecular complexity index is 495. The van der Waals surface area contributed by atoms with Crippen LogP contribution in [0.3, 0.4) is 0 Å². The molecule has 0 radical (unpaired) electrons. The summed E-state index contributed by atoms with van der Waals surface area (Å²) in [4.78, 5) is 8.69. The number of nitrogens with one attached hydrogen (secondary N) is 2. The Balaban J connectivity index is 1.92. The molecule has 0 fully saturated rings. The first kappa shape index (κ1) is 12.8. The van der Waals surface area contributed by atoms with Gasteiger partial charge in [-0.15, -0.1) is 11.3 Å². The molecule has 2 heterocycles. The van der Waals surface area contributed by atoms with Gasteiger partial charge in [-0.1, -0.05) is 6.92 Å². The second-order valence-electron chi connectivity index (χ2n) is 4.07. The summed E-state index contributed by atoms with van der Waals surface area (Å²) in [5, 5.41) is 9.81. The lowest BCUT2D eigenvalue weighted by molar-refractivity contribution is 0.968. The van der Waals surface area contributed by atoms with Crippen molar-refractivity contribution in [2.24, 2.45) is 0 Å². The number of nitrogens with zero attached hydrogens (tertiary/aromatic N) is 2. The van der Waals surface area contributed by atoms with E-state index in [-0.39, 0.29) is 0 Å². The lowest BCUT2D eigenvalue weighted by atomic mass is 10.3. The number of thiazole rings is 1. The third-order valence-corrected chi connectivity index (χ3v) is 3.28. The van der Waals surface area contributed by atoms with Gasteiger partial charge in [0, 0.05) is 29.9 Å². The number of pyridine rings is 1. The minimum atomic E-state index is 0.752. The maximum absolute atomic E-state index is 4.42. The van der Waals surface area contributed by atoms with Crippen molar-refractivity contribution in [2.75, 3.05) is 17.2 Å². The Kier molecular flexibility index (Phi) is 4.52. The van der Waals surface area contributed by atoms with E-state index in [0.717, 1.165) is 41.7 Å². The zero-order chi connectivity index (χ0) is 12.8. The van der Waals surface area contributed by atoms with E-state index < -0.39 is 0 Å². The monoisotopic (exact) mass is 262 g/mol. The van der Waals surface area contributed by atoms with Crippen molar-refractivity contribution in [1.29, 1.82) is 0 Å². The Morgan fingerprint density at radius 1 is 1.33 bits per heavy atom. The Morgan fingerprint density at radius 2 is 2.22 bits per heavy atom. The molecule has 0 spiro atoms. The molecule has 0 bridgehead atoms. The summed E-state index contributed by atoms with van der Waals surface area (Å²) in [6.45, 7) is 5.86. The SMILES string of the molecule is CCCNc1cc(NCc2csc(C)n2)ccn1. The number of hydrogen-bond donors (Lipinski definition) is 2. The van der Waals surface area contributed by atoms with Gasteiger partial charge < -0.3 is 10.6 Å². The number of aromatic nitrogens is 2. The van der Waals surface area contributed by atoms with E-state index in [1.54, 1.807) is 11.3 Å². The highest BCUT2D eigenvalue weighted by Gasteiger charge is 1.99. The van der Waals surface area contributed by atoms with Gasteiger partial charge in [-0.3, -0.25) is 0 Å². The van der Waals surface area contributed by atoms with Crippen LogP contribution in [-0.4, -0.2) is 16.5 Å². The van der Waals surface area contributed by atoms with E-state index in [1.807, 2.05) is 25.3 Å². The fraction of sp³-hybridized carbons (Fsp3) is 0.385. The molecule has 0 aliphatic heterocycles. The fourth-order valence-corrected chi connectivity index (χ4v) is 2.18. The summed E-state index contributed by atoms with van der Waals surface area (Å²) >= 11 is 1.68. The van der Waals surface area contributed by atoms with E-state index in [9.17, 15) is 0 Å². The van der Waals surface area contributed by atoms with E-state index >= 15 is 0 Å². The first-order valence-corrected chi connectivity index (χ1v) is 7.00. The largest absolute Gasteiger partial charge is 0.379 e. The first-order chi connectivity index (χ1) is 8.78. The summed E-state index contributed by atoms with van der Waals surface area (Å²) in [7, 11) is 0. The summed E-state index contributed by atoms with van der Waals surface area (Å²) in [5.74, 6) is 0.913. The maximum atomic E-state index is 4.42. The summed E-state index contributed by atoms with van der Waals surface area (Å²) in [6.07, 6.45) is 2.91. The Hall–Kier alpha value is -1.62. The van der Waals surface area contributed by atoms with Crippen LogP contribution in [0, 0.1) is 6.92 Å². The molecule has 5 heteroatoms. The molecule has 0 saturated carbocycles. The van der Waals surface area contributed by atoms with Crippen molar-refractivity contribution in [3.05, 3.63) is 34.4 Å².